The van der Waals surface area contributed by atoms with Crippen LogP contribution in [0.5, 0.6) is 0 Å². The molecule has 0 fully saturated rings. The summed E-state index contributed by atoms with van der Waals surface area (Å²) in [6.45, 7) is -0.449. The number of aliphatic hydroxyl groups is 1. The van der Waals surface area contributed by atoms with Gasteiger partial charge in [0.2, 0.25) is 5.91 Å². The third-order valence-electron chi connectivity index (χ3n) is 1.74. The Morgan fingerprint density at radius 2 is 2.21 bits per heavy atom. The van der Waals surface area contributed by atoms with Gasteiger partial charge in [-0.3, -0.25) is 14.9 Å². The Hall–Kier alpha value is -1.95. The van der Waals surface area contributed by atoms with E-state index in [1.54, 1.807) is 0 Å². The van der Waals surface area contributed by atoms with Gasteiger partial charge in [-0.15, -0.1) is 0 Å². The molecule has 14 heavy (non-hydrogen) atoms. The average molecular weight is 196 g/mol. The predicted molar refractivity (Wildman–Crippen MR) is 47.5 cm³/mol. The number of aliphatic hydroxyl groups excluding tert-OH is 1. The number of benzene rings is 1. The smallest absolute Gasteiger partial charge is 0.275 e. The molecule has 0 radical (unpaired) electrons. The SMILES string of the molecule is NC(=O)c1ccc(CO)c([N+](=O)[O-])c1. The highest BCUT2D eigenvalue weighted by molar-refractivity contribution is 5.93. The van der Waals surface area contributed by atoms with E-state index in [1.165, 1.54) is 12.1 Å². The molecule has 0 bridgehead atoms. The van der Waals surface area contributed by atoms with Gasteiger partial charge < -0.3 is 10.8 Å². The number of hydrogen-bond acceptors (Lipinski definition) is 4. The van der Waals surface area contributed by atoms with E-state index in [-0.39, 0.29) is 16.8 Å². The fraction of sp³-hybridized carbons (Fsp3) is 0.125. The molecule has 1 aromatic rings. The monoisotopic (exact) mass is 196 g/mol. The normalized spacial score (nSPS) is 9.79. The van der Waals surface area contributed by atoms with Crippen molar-refractivity contribution in [2.45, 2.75) is 6.61 Å². The molecule has 0 unspecified atom stereocenters. The third kappa shape index (κ3) is 1.86. The van der Waals surface area contributed by atoms with Crippen molar-refractivity contribution >= 4 is 11.6 Å². The van der Waals surface area contributed by atoms with E-state index in [9.17, 15) is 14.9 Å². The van der Waals surface area contributed by atoms with Crippen LogP contribution in [0.25, 0.3) is 0 Å². The summed E-state index contributed by atoms with van der Waals surface area (Å²) >= 11 is 0. The highest BCUT2D eigenvalue weighted by atomic mass is 16.6. The molecule has 3 N–H and O–H groups in total. The van der Waals surface area contributed by atoms with Crippen molar-refractivity contribution in [3.63, 3.8) is 0 Å². The molecule has 0 aliphatic carbocycles. The van der Waals surface area contributed by atoms with Gasteiger partial charge in [-0.1, -0.05) is 0 Å². The molecule has 0 aromatic heterocycles. The van der Waals surface area contributed by atoms with Gasteiger partial charge in [0.15, 0.2) is 0 Å². The van der Waals surface area contributed by atoms with E-state index in [1.807, 2.05) is 0 Å². The summed E-state index contributed by atoms with van der Waals surface area (Å²) < 4.78 is 0. The van der Waals surface area contributed by atoms with E-state index in [4.69, 9.17) is 10.8 Å². The van der Waals surface area contributed by atoms with Crippen molar-refractivity contribution in [3.8, 4) is 0 Å². The van der Waals surface area contributed by atoms with Crippen LogP contribution in [-0.4, -0.2) is 15.9 Å². The molecule has 6 heteroatoms. The molecule has 0 atom stereocenters. The Labute approximate surface area is 79.1 Å². The van der Waals surface area contributed by atoms with Crippen molar-refractivity contribution < 1.29 is 14.8 Å². The van der Waals surface area contributed by atoms with E-state index < -0.39 is 17.4 Å². The predicted octanol–water partition coefficient (Wildman–Crippen LogP) is 0.186. The van der Waals surface area contributed by atoms with E-state index in [0.717, 1.165) is 6.07 Å². The van der Waals surface area contributed by atoms with Gasteiger partial charge >= 0.3 is 0 Å². The zero-order valence-corrected chi connectivity index (χ0v) is 7.14. The number of nitro groups is 1. The topological polar surface area (TPSA) is 106 Å². The van der Waals surface area contributed by atoms with Gasteiger partial charge in [0.25, 0.3) is 5.69 Å². The first kappa shape index (κ1) is 10.1. The maximum absolute atomic E-state index is 10.7. The van der Waals surface area contributed by atoms with E-state index in [2.05, 4.69) is 0 Å². The summed E-state index contributed by atoms with van der Waals surface area (Å²) in [5, 5.41) is 19.3. The van der Waals surface area contributed by atoms with Crippen molar-refractivity contribution in [2.24, 2.45) is 5.73 Å². The first-order valence-corrected chi connectivity index (χ1v) is 3.74. The first-order chi connectivity index (χ1) is 6.56. The van der Waals surface area contributed by atoms with Crippen molar-refractivity contribution in [1.82, 2.24) is 0 Å². The molecular weight excluding hydrogens is 188 g/mol. The molecule has 1 rings (SSSR count). The second-order valence-corrected chi connectivity index (χ2v) is 2.62. The minimum atomic E-state index is -0.738. The van der Waals surface area contributed by atoms with Crippen LogP contribution < -0.4 is 5.73 Å². The molecule has 0 aliphatic rings. The number of carbonyl (C=O) groups excluding carboxylic acids is 1. The number of nitrogens with zero attached hydrogens (tertiary/aromatic N) is 1. The van der Waals surface area contributed by atoms with Gasteiger partial charge in [-0.05, 0) is 12.1 Å². The van der Waals surface area contributed by atoms with Gasteiger partial charge in [-0.2, -0.15) is 0 Å². The van der Waals surface area contributed by atoms with Gasteiger partial charge in [0.05, 0.1) is 17.1 Å². The second kappa shape index (κ2) is 3.84. The highest BCUT2D eigenvalue weighted by Gasteiger charge is 2.15. The summed E-state index contributed by atoms with van der Waals surface area (Å²) in [7, 11) is 0. The van der Waals surface area contributed by atoms with Gasteiger partial charge in [-0.25, -0.2) is 0 Å². The zero-order chi connectivity index (χ0) is 10.7. The minimum Gasteiger partial charge on any atom is -0.391 e. The molecule has 0 aliphatic heterocycles. The van der Waals surface area contributed by atoms with Crippen LogP contribution in [0.1, 0.15) is 15.9 Å². The van der Waals surface area contributed by atoms with Crippen molar-refractivity contribution in [3.05, 3.63) is 39.4 Å². The Balaban J connectivity index is 3.27. The summed E-state index contributed by atoms with van der Waals surface area (Å²) in [4.78, 5) is 20.5. The second-order valence-electron chi connectivity index (χ2n) is 2.62. The standard InChI is InChI=1S/C8H8N2O4/c9-8(12)5-1-2-6(4-11)7(3-5)10(13)14/h1-3,11H,4H2,(H2,9,12). The third-order valence-corrected chi connectivity index (χ3v) is 1.74. The van der Waals surface area contributed by atoms with Crippen LogP contribution >= 0.6 is 0 Å². The molecular formula is C8H8N2O4. The molecule has 1 amide bonds. The summed E-state index contributed by atoms with van der Waals surface area (Å²) in [5.74, 6) is -0.738. The summed E-state index contributed by atoms with van der Waals surface area (Å²) in [5.41, 5.74) is 4.85. The molecule has 0 heterocycles. The zero-order valence-electron chi connectivity index (χ0n) is 7.14. The van der Waals surface area contributed by atoms with Gasteiger partial charge in [0, 0.05) is 11.6 Å². The Morgan fingerprint density at radius 3 is 2.64 bits per heavy atom. The van der Waals surface area contributed by atoms with E-state index >= 15 is 0 Å². The van der Waals surface area contributed by atoms with Crippen molar-refractivity contribution in [2.75, 3.05) is 0 Å². The lowest BCUT2D eigenvalue weighted by molar-refractivity contribution is -0.385. The Morgan fingerprint density at radius 1 is 1.57 bits per heavy atom. The molecule has 1 aromatic carbocycles. The molecule has 6 nitrogen and oxygen atoms in total. The summed E-state index contributed by atoms with van der Waals surface area (Å²) in [6.07, 6.45) is 0. The van der Waals surface area contributed by atoms with Crippen LogP contribution in [-0.2, 0) is 6.61 Å². The van der Waals surface area contributed by atoms with E-state index in [0.29, 0.717) is 0 Å². The van der Waals surface area contributed by atoms with Gasteiger partial charge in [0.1, 0.15) is 0 Å². The number of nitrogens with two attached hydrogens (primary N) is 1. The number of rotatable bonds is 3. The van der Waals surface area contributed by atoms with Crippen LogP contribution in [0.2, 0.25) is 0 Å². The first-order valence-electron chi connectivity index (χ1n) is 3.74. The molecule has 0 saturated heterocycles. The number of nitro benzene ring substituents is 1. The number of primary amides is 1. The van der Waals surface area contributed by atoms with Crippen LogP contribution in [0, 0.1) is 10.1 Å². The maximum atomic E-state index is 10.7. The Bertz CT molecular complexity index is 389. The fourth-order valence-electron chi connectivity index (χ4n) is 1.02. The average Bonchev–Trinajstić information content (AvgIpc) is 2.16. The number of amides is 1. The fourth-order valence-corrected chi connectivity index (χ4v) is 1.02. The van der Waals surface area contributed by atoms with Crippen molar-refractivity contribution in [1.29, 1.82) is 0 Å². The lowest BCUT2D eigenvalue weighted by Gasteiger charge is -2.00. The summed E-state index contributed by atoms with van der Waals surface area (Å²) in [6, 6.07) is 3.69. The largest absolute Gasteiger partial charge is 0.391 e. The maximum Gasteiger partial charge on any atom is 0.275 e. The highest BCUT2D eigenvalue weighted by Crippen LogP contribution is 2.19. The number of hydrogen-bond donors (Lipinski definition) is 2. The molecule has 0 spiro atoms. The Kier molecular flexibility index (Phi) is 2.78. The molecule has 0 saturated carbocycles. The minimum absolute atomic E-state index is 0.0499. The lowest BCUT2D eigenvalue weighted by atomic mass is 10.1. The quantitative estimate of drug-likeness (QED) is 0.531. The van der Waals surface area contributed by atoms with Crippen LogP contribution in [0.3, 0.4) is 0 Å². The van der Waals surface area contributed by atoms with Crippen LogP contribution in [0.15, 0.2) is 18.2 Å². The number of carbonyl (C=O) groups is 1. The lowest BCUT2D eigenvalue weighted by Crippen LogP contribution is -2.11. The van der Waals surface area contributed by atoms with Crippen LogP contribution in [0.4, 0.5) is 5.69 Å². The molecule has 74 valence electrons.